The number of imidazole rings is 1. The van der Waals surface area contributed by atoms with Gasteiger partial charge in [-0.2, -0.15) is 0 Å². The molecule has 0 atom stereocenters. The fourth-order valence-corrected chi connectivity index (χ4v) is 2.63. The standard InChI is InChI=1S/C18H18ClN3O/c1-13-3-2-4-17-21-16(12-22(13)17)9-10-20-18(23)11-14-5-7-15(19)8-6-14/h2-8,12H,9-11H2,1H3,(H,20,23). The van der Waals surface area contributed by atoms with Crippen molar-refractivity contribution in [2.24, 2.45) is 0 Å². The first-order valence-electron chi connectivity index (χ1n) is 7.56. The summed E-state index contributed by atoms with van der Waals surface area (Å²) >= 11 is 5.83. The summed E-state index contributed by atoms with van der Waals surface area (Å²) in [6, 6.07) is 13.4. The summed E-state index contributed by atoms with van der Waals surface area (Å²) in [6.07, 6.45) is 3.10. The van der Waals surface area contributed by atoms with E-state index >= 15 is 0 Å². The SMILES string of the molecule is Cc1cccc2nc(CCNC(=O)Cc3ccc(Cl)cc3)cn12. The van der Waals surface area contributed by atoms with Crippen LogP contribution in [0, 0.1) is 6.92 Å². The number of pyridine rings is 1. The molecule has 118 valence electrons. The Kier molecular flexibility index (Phi) is 4.63. The van der Waals surface area contributed by atoms with Gasteiger partial charge in [0.05, 0.1) is 12.1 Å². The molecule has 1 N–H and O–H groups in total. The van der Waals surface area contributed by atoms with Crippen molar-refractivity contribution < 1.29 is 4.79 Å². The van der Waals surface area contributed by atoms with Crippen LogP contribution in [0.4, 0.5) is 0 Å². The largest absolute Gasteiger partial charge is 0.355 e. The Morgan fingerprint density at radius 1 is 1.22 bits per heavy atom. The predicted octanol–water partition coefficient (Wildman–Crippen LogP) is 3.20. The molecule has 23 heavy (non-hydrogen) atoms. The quantitative estimate of drug-likeness (QED) is 0.782. The number of nitrogens with one attached hydrogen (secondary N) is 1. The fraction of sp³-hybridized carbons (Fsp3) is 0.222. The molecule has 0 spiro atoms. The highest BCUT2D eigenvalue weighted by Gasteiger charge is 2.06. The van der Waals surface area contributed by atoms with Crippen molar-refractivity contribution in [2.45, 2.75) is 19.8 Å². The summed E-state index contributed by atoms with van der Waals surface area (Å²) in [4.78, 5) is 16.5. The van der Waals surface area contributed by atoms with Crippen molar-refractivity contribution in [3.63, 3.8) is 0 Å². The molecule has 0 unspecified atom stereocenters. The van der Waals surface area contributed by atoms with Gasteiger partial charge in [0, 0.05) is 29.9 Å². The van der Waals surface area contributed by atoms with E-state index in [-0.39, 0.29) is 5.91 Å². The summed E-state index contributed by atoms with van der Waals surface area (Å²) in [5, 5.41) is 3.61. The molecule has 0 fully saturated rings. The second-order valence-corrected chi connectivity index (χ2v) is 5.97. The summed E-state index contributed by atoms with van der Waals surface area (Å²) in [6.45, 7) is 2.63. The number of rotatable bonds is 5. The molecule has 2 heterocycles. The van der Waals surface area contributed by atoms with Gasteiger partial charge in [-0.15, -0.1) is 0 Å². The van der Waals surface area contributed by atoms with E-state index in [1.807, 2.05) is 43.5 Å². The van der Waals surface area contributed by atoms with Gasteiger partial charge in [0.2, 0.25) is 5.91 Å². The zero-order valence-electron chi connectivity index (χ0n) is 12.9. The molecular weight excluding hydrogens is 310 g/mol. The molecule has 0 saturated heterocycles. The highest BCUT2D eigenvalue weighted by atomic mass is 35.5. The highest BCUT2D eigenvalue weighted by Crippen LogP contribution is 2.10. The van der Waals surface area contributed by atoms with Gasteiger partial charge < -0.3 is 9.72 Å². The highest BCUT2D eigenvalue weighted by molar-refractivity contribution is 6.30. The number of hydrogen-bond acceptors (Lipinski definition) is 2. The van der Waals surface area contributed by atoms with Gasteiger partial charge in [-0.1, -0.05) is 29.8 Å². The van der Waals surface area contributed by atoms with Gasteiger partial charge in [0.25, 0.3) is 0 Å². The van der Waals surface area contributed by atoms with E-state index in [4.69, 9.17) is 11.6 Å². The van der Waals surface area contributed by atoms with Crippen LogP contribution >= 0.6 is 11.6 Å². The van der Waals surface area contributed by atoms with Crippen molar-refractivity contribution >= 4 is 23.2 Å². The van der Waals surface area contributed by atoms with Crippen LogP contribution in [0.5, 0.6) is 0 Å². The Morgan fingerprint density at radius 3 is 2.74 bits per heavy atom. The Bertz CT molecular complexity index is 824. The first-order chi connectivity index (χ1) is 11.1. The number of nitrogens with zero attached hydrogens (tertiary/aromatic N) is 2. The summed E-state index contributed by atoms with van der Waals surface area (Å²) < 4.78 is 2.06. The molecule has 5 heteroatoms. The second kappa shape index (κ2) is 6.84. The number of aromatic nitrogens is 2. The van der Waals surface area contributed by atoms with Crippen molar-refractivity contribution in [3.05, 3.63) is 70.6 Å². The minimum atomic E-state index is 0.00673. The molecule has 0 aliphatic rings. The number of amides is 1. The van der Waals surface area contributed by atoms with Crippen molar-refractivity contribution in [1.82, 2.24) is 14.7 Å². The van der Waals surface area contributed by atoms with Gasteiger partial charge in [0.15, 0.2) is 0 Å². The molecule has 2 aromatic heterocycles. The normalized spacial score (nSPS) is 10.9. The van der Waals surface area contributed by atoms with E-state index < -0.39 is 0 Å². The first-order valence-corrected chi connectivity index (χ1v) is 7.94. The van der Waals surface area contributed by atoms with Crippen molar-refractivity contribution in [2.75, 3.05) is 6.54 Å². The van der Waals surface area contributed by atoms with Crippen molar-refractivity contribution in [1.29, 1.82) is 0 Å². The molecule has 0 aliphatic carbocycles. The molecule has 3 aromatic rings. The van der Waals surface area contributed by atoms with Crippen LogP contribution < -0.4 is 5.32 Å². The van der Waals surface area contributed by atoms with Gasteiger partial charge in [-0.05, 0) is 36.8 Å². The van der Waals surface area contributed by atoms with Crippen LogP contribution in [0.15, 0.2) is 48.7 Å². The number of benzene rings is 1. The van der Waals surface area contributed by atoms with Gasteiger partial charge in [-0.3, -0.25) is 4.79 Å². The monoisotopic (exact) mass is 327 g/mol. The zero-order valence-corrected chi connectivity index (χ0v) is 13.7. The number of halogens is 1. The third kappa shape index (κ3) is 3.90. The molecule has 0 bridgehead atoms. The molecule has 0 saturated carbocycles. The molecular formula is C18H18ClN3O. The number of aryl methyl sites for hydroxylation is 1. The smallest absolute Gasteiger partial charge is 0.224 e. The molecule has 0 aliphatic heterocycles. The van der Waals surface area contributed by atoms with Crippen LogP contribution in [-0.4, -0.2) is 21.8 Å². The van der Waals surface area contributed by atoms with Crippen LogP contribution in [0.3, 0.4) is 0 Å². The summed E-state index contributed by atoms with van der Waals surface area (Å²) in [7, 11) is 0. The van der Waals surface area contributed by atoms with Gasteiger partial charge >= 0.3 is 0 Å². The first kappa shape index (κ1) is 15.6. The number of carbonyl (C=O) groups is 1. The lowest BCUT2D eigenvalue weighted by molar-refractivity contribution is -0.120. The average molecular weight is 328 g/mol. The average Bonchev–Trinajstić information content (AvgIpc) is 2.94. The molecule has 1 amide bonds. The molecule has 3 rings (SSSR count). The maximum atomic E-state index is 11.9. The van der Waals surface area contributed by atoms with Crippen LogP contribution in [-0.2, 0) is 17.6 Å². The minimum Gasteiger partial charge on any atom is -0.355 e. The Hall–Kier alpha value is -2.33. The molecule has 0 radical (unpaired) electrons. The summed E-state index contributed by atoms with van der Waals surface area (Å²) in [5.41, 5.74) is 4.02. The fourth-order valence-electron chi connectivity index (χ4n) is 2.50. The second-order valence-electron chi connectivity index (χ2n) is 5.53. The third-order valence-corrected chi connectivity index (χ3v) is 3.98. The zero-order chi connectivity index (χ0) is 16.2. The number of carbonyl (C=O) groups excluding carboxylic acids is 1. The van der Waals surface area contributed by atoms with E-state index in [1.54, 1.807) is 12.1 Å². The number of fused-ring (bicyclic) bond motifs is 1. The van der Waals surface area contributed by atoms with E-state index in [0.717, 1.165) is 22.6 Å². The van der Waals surface area contributed by atoms with Crippen LogP contribution in [0.1, 0.15) is 17.0 Å². The van der Waals surface area contributed by atoms with Gasteiger partial charge in [0.1, 0.15) is 5.65 Å². The van der Waals surface area contributed by atoms with Crippen molar-refractivity contribution in [3.8, 4) is 0 Å². The lowest BCUT2D eigenvalue weighted by Gasteiger charge is -2.04. The maximum absolute atomic E-state index is 11.9. The minimum absolute atomic E-state index is 0.00673. The lowest BCUT2D eigenvalue weighted by Crippen LogP contribution is -2.27. The molecule has 4 nitrogen and oxygen atoms in total. The lowest BCUT2D eigenvalue weighted by atomic mass is 10.1. The van der Waals surface area contributed by atoms with Crippen LogP contribution in [0.25, 0.3) is 5.65 Å². The van der Waals surface area contributed by atoms with E-state index in [1.165, 1.54) is 0 Å². The third-order valence-electron chi connectivity index (χ3n) is 3.73. The Labute approximate surface area is 140 Å². The molecule has 1 aromatic carbocycles. The van der Waals surface area contributed by atoms with E-state index in [2.05, 4.69) is 14.7 Å². The maximum Gasteiger partial charge on any atom is 0.224 e. The van der Waals surface area contributed by atoms with Gasteiger partial charge in [-0.25, -0.2) is 4.98 Å². The topological polar surface area (TPSA) is 46.4 Å². The predicted molar refractivity (Wildman–Crippen MR) is 91.8 cm³/mol. The van der Waals surface area contributed by atoms with E-state index in [9.17, 15) is 4.79 Å². The van der Waals surface area contributed by atoms with E-state index in [0.29, 0.717) is 24.4 Å². The Balaban J connectivity index is 1.53. The Morgan fingerprint density at radius 2 is 2.00 bits per heavy atom. The van der Waals surface area contributed by atoms with Crippen LogP contribution in [0.2, 0.25) is 5.02 Å². The summed E-state index contributed by atoms with van der Waals surface area (Å²) in [5.74, 6) is 0.00673. The number of hydrogen-bond donors (Lipinski definition) is 1.